The summed E-state index contributed by atoms with van der Waals surface area (Å²) in [5.74, 6) is 1.09. The zero-order valence-corrected chi connectivity index (χ0v) is 15.6. The normalized spacial score (nSPS) is 16.0. The van der Waals surface area contributed by atoms with Gasteiger partial charge in [0.2, 0.25) is 0 Å². The average molecular weight is 369 g/mol. The zero-order chi connectivity index (χ0) is 18.7. The van der Waals surface area contributed by atoms with Gasteiger partial charge in [0.15, 0.2) is 0 Å². The van der Waals surface area contributed by atoms with Crippen molar-refractivity contribution in [2.24, 2.45) is 0 Å². The summed E-state index contributed by atoms with van der Waals surface area (Å²) in [5.41, 5.74) is 2.13. The van der Waals surface area contributed by atoms with Gasteiger partial charge in [-0.25, -0.2) is 4.90 Å². The topological polar surface area (TPSA) is 55.8 Å². The number of methoxy groups -OCH3 is 1. The first-order valence-electron chi connectivity index (χ1n) is 8.19. The smallest absolute Gasteiger partial charge is 0.298 e. The van der Waals surface area contributed by atoms with Crippen LogP contribution in [0.5, 0.6) is 11.5 Å². The predicted molar refractivity (Wildman–Crippen MR) is 104 cm³/mol. The van der Waals surface area contributed by atoms with E-state index in [0.29, 0.717) is 28.7 Å². The van der Waals surface area contributed by atoms with Crippen molar-refractivity contribution < 1.29 is 19.1 Å². The molecule has 1 saturated heterocycles. The summed E-state index contributed by atoms with van der Waals surface area (Å²) in [6.45, 7) is 4.30. The SMILES string of the molecule is CCOc1ccc(N2C(=O)S/C(=C(/C)c3cccc(OC)c3)C2=O)cc1. The molecule has 3 rings (SSSR count). The maximum atomic E-state index is 12.9. The molecule has 0 aromatic heterocycles. The number of allylic oxidation sites excluding steroid dienone is 1. The third-order valence-corrected chi connectivity index (χ3v) is 5.06. The summed E-state index contributed by atoms with van der Waals surface area (Å²) in [4.78, 5) is 26.9. The number of benzene rings is 2. The molecule has 6 heteroatoms. The molecule has 1 fully saturated rings. The molecule has 1 heterocycles. The number of ether oxygens (including phenoxy) is 2. The van der Waals surface area contributed by atoms with Gasteiger partial charge < -0.3 is 9.47 Å². The molecule has 1 aliphatic heterocycles. The molecule has 1 aliphatic rings. The first-order valence-corrected chi connectivity index (χ1v) is 9.01. The molecule has 134 valence electrons. The Hall–Kier alpha value is -2.73. The minimum atomic E-state index is -0.315. The number of nitrogens with zero attached hydrogens (tertiary/aromatic N) is 1. The Morgan fingerprint density at radius 1 is 1.08 bits per heavy atom. The highest BCUT2D eigenvalue weighted by Gasteiger charge is 2.37. The van der Waals surface area contributed by atoms with Crippen LogP contribution >= 0.6 is 11.8 Å². The van der Waals surface area contributed by atoms with Gasteiger partial charge >= 0.3 is 0 Å². The van der Waals surface area contributed by atoms with Gasteiger partial charge in [-0.2, -0.15) is 0 Å². The maximum absolute atomic E-state index is 12.9. The van der Waals surface area contributed by atoms with Crippen LogP contribution in [0, 0.1) is 0 Å². The zero-order valence-electron chi connectivity index (χ0n) is 14.8. The Morgan fingerprint density at radius 3 is 2.46 bits per heavy atom. The molecule has 2 aromatic rings. The first-order chi connectivity index (χ1) is 12.5. The Morgan fingerprint density at radius 2 is 1.81 bits per heavy atom. The van der Waals surface area contributed by atoms with E-state index < -0.39 is 0 Å². The van der Waals surface area contributed by atoms with Gasteiger partial charge in [-0.15, -0.1) is 0 Å². The van der Waals surface area contributed by atoms with Crippen LogP contribution in [-0.4, -0.2) is 24.9 Å². The second-order valence-corrected chi connectivity index (χ2v) is 6.58. The minimum Gasteiger partial charge on any atom is -0.497 e. The van der Waals surface area contributed by atoms with E-state index in [1.165, 1.54) is 4.90 Å². The third kappa shape index (κ3) is 3.46. The number of hydrogen-bond acceptors (Lipinski definition) is 5. The molecule has 0 bridgehead atoms. The van der Waals surface area contributed by atoms with Gasteiger partial charge in [-0.1, -0.05) is 12.1 Å². The minimum absolute atomic E-state index is 0.309. The van der Waals surface area contributed by atoms with E-state index >= 15 is 0 Å². The van der Waals surface area contributed by atoms with E-state index in [1.807, 2.05) is 38.1 Å². The van der Waals surface area contributed by atoms with Gasteiger partial charge in [0.1, 0.15) is 11.5 Å². The van der Waals surface area contributed by atoms with E-state index in [0.717, 1.165) is 22.9 Å². The molecule has 26 heavy (non-hydrogen) atoms. The van der Waals surface area contributed by atoms with E-state index in [4.69, 9.17) is 9.47 Å². The molecule has 5 nitrogen and oxygen atoms in total. The Labute approximate surface area is 156 Å². The Kier molecular flexibility index (Phi) is 5.32. The highest BCUT2D eigenvalue weighted by molar-refractivity contribution is 8.19. The number of imide groups is 1. The Balaban J connectivity index is 1.92. The summed E-state index contributed by atoms with van der Waals surface area (Å²) in [6, 6.07) is 14.4. The lowest BCUT2D eigenvalue weighted by molar-refractivity contribution is -0.113. The van der Waals surface area contributed by atoms with E-state index in [9.17, 15) is 9.59 Å². The second kappa shape index (κ2) is 7.66. The van der Waals surface area contributed by atoms with Gasteiger partial charge in [-0.05, 0) is 73.1 Å². The summed E-state index contributed by atoms with van der Waals surface area (Å²) < 4.78 is 10.6. The van der Waals surface area contributed by atoms with Gasteiger partial charge in [-0.3, -0.25) is 9.59 Å². The number of hydrogen-bond donors (Lipinski definition) is 0. The van der Waals surface area contributed by atoms with E-state index in [2.05, 4.69) is 0 Å². The van der Waals surface area contributed by atoms with Gasteiger partial charge in [0.05, 0.1) is 24.3 Å². The van der Waals surface area contributed by atoms with E-state index in [-0.39, 0.29) is 11.1 Å². The van der Waals surface area contributed by atoms with Crippen LogP contribution in [0.15, 0.2) is 53.4 Å². The van der Waals surface area contributed by atoms with Crippen molar-refractivity contribution in [3.63, 3.8) is 0 Å². The molecule has 0 unspecified atom stereocenters. The monoisotopic (exact) mass is 369 g/mol. The fourth-order valence-corrected chi connectivity index (χ4v) is 3.57. The lowest BCUT2D eigenvalue weighted by Gasteiger charge is -2.13. The number of rotatable bonds is 5. The number of carbonyl (C=O) groups excluding carboxylic acids is 2. The van der Waals surface area contributed by atoms with Crippen molar-refractivity contribution in [2.75, 3.05) is 18.6 Å². The summed E-state index contributed by atoms with van der Waals surface area (Å²) in [5, 5.41) is -0.309. The third-order valence-electron chi connectivity index (χ3n) is 4.02. The van der Waals surface area contributed by atoms with Crippen molar-refractivity contribution >= 4 is 34.2 Å². The van der Waals surface area contributed by atoms with E-state index in [1.54, 1.807) is 31.4 Å². The van der Waals surface area contributed by atoms with Crippen LogP contribution in [0.3, 0.4) is 0 Å². The highest BCUT2D eigenvalue weighted by atomic mass is 32.2. The molecular formula is C20H19NO4S. The van der Waals surface area contributed by atoms with Crippen LogP contribution in [0.1, 0.15) is 19.4 Å². The molecule has 0 spiro atoms. The van der Waals surface area contributed by atoms with Crippen LogP contribution < -0.4 is 14.4 Å². The molecule has 0 saturated carbocycles. The predicted octanol–water partition coefficient (Wildman–Crippen LogP) is 4.72. The number of thioether (sulfide) groups is 1. The standard InChI is InChI=1S/C20H19NO4S/c1-4-25-16-10-8-15(9-11-16)21-19(22)18(26-20(21)23)13(2)14-6-5-7-17(12-14)24-3/h5-12H,4H2,1-3H3/b18-13-. The van der Waals surface area contributed by atoms with Crippen LogP contribution in [0.4, 0.5) is 10.5 Å². The largest absolute Gasteiger partial charge is 0.497 e. The molecule has 0 aliphatic carbocycles. The quantitative estimate of drug-likeness (QED) is 0.714. The van der Waals surface area contributed by atoms with Crippen molar-refractivity contribution in [1.82, 2.24) is 0 Å². The number of anilines is 1. The fourth-order valence-electron chi connectivity index (χ4n) is 2.67. The molecule has 0 radical (unpaired) electrons. The van der Waals surface area contributed by atoms with Crippen molar-refractivity contribution in [1.29, 1.82) is 0 Å². The molecule has 0 atom stereocenters. The van der Waals surface area contributed by atoms with Crippen LogP contribution in [0.2, 0.25) is 0 Å². The fraction of sp³-hybridized carbons (Fsp3) is 0.200. The van der Waals surface area contributed by atoms with Crippen molar-refractivity contribution in [3.05, 3.63) is 59.0 Å². The average Bonchev–Trinajstić information content (AvgIpc) is 2.96. The highest BCUT2D eigenvalue weighted by Crippen LogP contribution is 2.39. The maximum Gasteiger partial charge on any atom is 0.298 e. The molecule has 0 N–H and O–H groups in total. The number of amides is 2. The summed E-state index contributed by atoms with van der Waals surface area (Å²) >= 11 is 0.952. The van der Waals surface area contributed by atoms with Crippen LogP contribution in [-0.2, 0) is 4.79 Å². The van der Waals surface area contributed by atoms with Gasteiger partial charge in [0.25, 0.3) is 11.1 Å². The lowest BCUT2D eigenvalue weighted by atomic mass is 10.1. The Bertz CT molecular complexity index is 874. The summed E-state index contributed by atoms with van der Waals surface area (Å²) in [6.07, 6.45) is 0. The molecular weight excluding hydrogens is 350 g/mol. The van der Waals surface area contributed by atoms with Crippen molar-refractivity contribution in [2.45, 2.75) is 13.8 Å². The lowest BCUT2D eigenvalue weighted by Crippen LogP contribution is -2.27. The van der Waals surface area contributed by atoms with Crippen LogP contribution in [0.25, 0.3) is 5.57 Å². The summed E-state index contributed by atoms with van der Waals surface area (Å²) in [7, 11) is 1.59. The molecule has 2 amide bonds. The van der Waals surface area contributed by atoms with Crippen molar-refractivity contribution in [3.8, 4) is 11.5 Å². The second-order valence-electron chi connectivity index (χ2n) is 5.62. The first kappa shape index (κ1) is 18.1. The van der Waals surface area contributed by atoms with Gasteiger partial charge in [0, 0.05) is 0 Å². The number of carbonyl (C=O) groups is 2. The molecule has 2 aromatic carbocycles.